The second-order valence-electron chi connectivity index (χ2n) is 3.20. The van der Waals surface area contributed by atoms with Crippen LogP contribution in [0, 0.1) is 0 Å². The number of esters is 1. The van der Waals surface area contributed by atoms with Gasteiger partial charge in [-0.3, -0.25) is 0 Å². The summed E-state index contributed by atoms with van der Waals surface area (Å²) in [6, 6.07) is 0. The minimum atomic E-state index is -1.26. The Balaban J connectivity index is 0.000000304. The van der Waals surface area contributed by atoms with Crippen LogP contribution >= 0.6 is 0 Å². The maximum absolute atomic E-state index is 10.5. The largest absolute Gasteiger partial charge is 0.478 e. The Kier molecular flexibility index (Phi) is 7.09. The van der Waals surface area contributed by atoms with E-state index in [0.29, 0.717) is 12.2 Å². The zero-order valence-corrected chi connectivity index (χ0v) is 9.17. The van der Waals surface area contributed by atoms with Crippen LogP contribution in [0.1, 0.15) is 19.3 Å². The van der Waals surface area contributed by atoms with Crippen LogP contribution in [0.5, 0.6) is 0 Å². The van der Waals surface area contributed by atoms with Crippen molar-refractivity contribution >= 4 is 17.9 Å². The maximum atomic E-state index is 10.5. The average molecular weight is 242 g/mol. The van der Waals surface area contributed by atoms with E-state index in [1.54, 1.807) is 0 Å². The Morgan fingerprint density at radius 2 is 1.59 bits per heavy atom. The number of ether oxygens (including phenoxy) is 1. The summed E-state index contributed by atoms with van der Waals surface area (Å²) < 4.78 is 4.88. The Bertz CT molecular complexity index is 311. The zero-order valence-electron chi connectivity index (χ0n) is 9.17. The normalized spacial score (nSPS) is 14.1. The third-order valence-electron chi connectivity index (χ3n) is 1.87. The molecule has 1 rings (SSSR count). The highest BCUT2D eigenvalue weighted by atomic mass is 16.5. The van der Waals surface area contributed by atoms with Crippen LogP contribution in [-0.4, -0.2) is 34.2 Å². The van der Waals surface area contributed by atoms with Gasteiger partial charge in [-0.15, -0.1) is 0 Å². The predicted octanol–water partition coefficient (Wildman–Crippen LogP) is 0.980. The first kappa shape index (κ1) is 14.9. The zero-order chi connectivity index (χ0) is 13.3. The lowest BCUT2D eigenvalue weighted by Crippen LogP contribution is -2.23. The molecule has 6 heteroatoms. The van der Waals surface area contributed by atoms with Gasteiger partial charge in [-0.25, -0.2) is 14.4 Å². The fourth-order valence-electron chi connectivity index (χ4n) is 0.844. The van der Waals surface area contributed by atoms with Crippen LogP contribution < -0.4 is 0 Å². The van der Waals surface area contributed by atoms with Gasteiger partial charge in [0.25, 0.3) is 0 Å². The highest BCUT2D eigenvalue weighted by Crippen LogP contribution is 2.21. The van der Waals surface area contributed by atoms with E-state index < -0.39 is 11.9 Å². The van der Waals surface area contributed by atoms with Crippen LogP contribution in [0.2, 0.25) is 0 Å². The van der Waals surface area contributed by atoms with Gasteiger partial charge in [0.05, 0.1) is 0 Å². The van der Waals surface area contributed by atoms with Gasteiger partial charge in [0, 0.05) is 18.2 Å². The summed E-state index contributed by atoms with van der Waals surface area (Å²) in [4.78, 5) is 29.6. The highest BCUT2D eigenvalue weighted by Gasteiger charge is 2.19. The van der Waals surface area contributed by atoms with E-state index in [0.717, 1.165) is 12.8 Å². The second-order valence-corrected chi connectivity index (χ2v) is 3.20. The number of carbonyl (C=O) groups excluding carboxylic acids is 1. The van der Waals surface area contributed by atoms with E-state index in [1.165, 1.54) is 12.5 Å². The van der Waals surface area contributed by atoms with Gasteiger partial charge in [-0.2, -0.15) is 0 Å². The molecular weight excluding hydrogens is 228 g/mol. The molecule has 0 atom stereocenters. The fourth-order valence-corrected chi connectivity index (χ4v) is 0.844. The molecule has 1 fully saturated rings. The molecule has 0 unspecified atom stereocenters. The fraction of sp³-hybridized carbons (Fsp3) is 0.364. The molecule has 0 bridgehead atoms. The van der Waals surface area contributed by atoms with E-state index in [1.807, 2.05) is 0 Å². The number of hydrogen-bond donors (Lipinski definition) is 2. The van der Waals surface area contributed by atoms with Crippen molar-refractivity contribution in [3.63, 3.8) is 0 Å². The van der Waals surface area contributed by atoms with Crippen molar-refractivity contribution < 1.29 is 29.3 Å². The first-order chi connectivity index (χ1) is 7.95. The van der Waals surface area contributed by atoms with Crippen LogP contribution in [0.3, 0.4) is 0 Å². The average Bonchev–Trinajstić information content (AvgIpc) is 2.21. The first-order valence-electron chi connectivity index (χ1n) is 4.92. The third-order valence-corrected chi connectivity index (χ3v) is 1.87. The number of rotatable bonds is 4. The molecule has 1 aliphatic carbocycles. The lowest BCUT2D eigenvalue weighted by molar-refractivity contribution is -0.146. The molecule has 0 heterocycles. The summed E-state index contributed by atoms with van der Waals surface area (Å²) in [5, 5.41) is 15.6. The second kappa shape index (κ2) is 8.09. The molecule has 0 amide bonds. The molecule has 94 valence electrons. The Hall–Kier alpha value is -2.11. The van der Waals surface area contributed by atoms with Crippen molar-refractivity contribution in [3.8, 4) is 0 Å². The standard InChI is InChI=1S/C7H10O2.C4H4O4/c1-2-7(8)9-6-4-3-5-6;5-3(6)1-2-4(7)8/h2,6H,1,3-5H2;1-2H,(H,5,6)(H,7,8)/b;2-1+. The SMILES string of the molecule is C=CC(=O)OC1CCC1.O=C(O)/C=C/C(=O)O. The van der Waals surface area contributed by atoms with Crippen LogP contribution in [-0.2, 0) is 19.1 Å². The number of carbonyl (C=O) groups is 3. The number of carboxylic acids is 2. The summed E-state index contributed by atoms with van der Waals surface area (Å²) in [7, 11) is 0. The molecule has 0 aromatic heterocycles. The van der Waals surface area contributed by atoms with Gasteiger partial charge < -0.3 is 14.9 Å². The van der Waals surface area contributed by atoms with E-state index in [4.69, 9.17) is 14.9 Å². The summed E-state index contributed by atoms with van der Waals surface area (Å²) in [5.74, 6) is -2.81. The van der Waals surface area contributed by atoms with Crippen LogP contribution in [0.25, 0.3) is 0 Å². The lowest BCUT2D eigenvalue weighted by atomic mass is 9.96. The molecule has 0 aromatic rings. The van der Waals surface area contributed by atoms with Crippen molar-refractivity contribution in [1.82, 2.24) is 0 Å². The molecular formula is C11H14O6. The molecule has 0 aliphatic heterocycles. The molecule has 0 radical (unpaired) electrons. The molecule has 1 saturated carbocycles. The molecule has 0 aromatic carbocycles. The van der Waals surface area contributed by atoms with Crippen molar-refractivity contribution in [2.24, 2.45) is 0 Å². The van der Waals surface area contributed by atoms with E-state index in [2.05, 4.69) is 6.58 Å². The summed E-state index contributed by atoms with van der Waals surface area (Å²) in [5.41, 5.74) is 0. The third kappa shape index (κ3) is 8.86. The molecule has 0 saturated heterocycles. The van der Waals surface area contributed by atoms with Gasteiger partial charge >= 0.3 is 17.9 Å². The van der Waals surface area contributed by atoms with Gasteiger partial charge in [-0.05, 0) is 19.3 Å². The summed E-state index contributed by atoms with van der Waals surface area (Å²) in [6.45, 7) is 3.30. The smallest absolute Gasteiger partial charge is 0.330 e. The van der Waals surface area contributed by atoms with Crippen molar-refractivity contribution in [2.75, 3.05) is 0 Å². The van der Waals surface area contributed by atoms with Crippen LogP contribution in [0.4, 0.5) is 0 Å². The van der Waals surface area contributed by atoms with Crippen molar-refractivity contribution in [2.45, 2.75) is 25.4 Å². The van der Waals surface area contributed by atoms with Gasteiger partial charge in [0.1, 0.15) is 6.10 Å². The summed E-state index contributed by atoms with van der Waals surface area (Å²) in [6.07, 6.45) is 5.76. The Morgan fingerprint density at radius 3 is 1.82 bits per heavy atom. The van der Waals surface area contributed by atoms with Crippen LogP contribution in [0.15, 0.2) is 24.8 Å². The predicted molar refractivity (Wildman–Crippen MR) is 58.3 cm³/mol. The van der Waals surface area contributed by atoms with E-state index in [-0.39, 0.29) is 12.1 Å². The van der Waals surface area contributed by atoms with Crippen molar-refractivity contribution in [3.05, 3.63) is 24.8 Å². The number of hydrogen-bond acceptors (Lipinski definition) is 4. The monoisotopic (exact) mass is 242 g/mol. The van der Waals surface area contributed by atoms with E-state index >= 15 is 0 Å². The Labute approximate surface area is 98.2 Å². The first-order valence-corrected chi connectivity index (χ1v) is 4.92. The Morgan fingerprint density at radius 1 is 1.12 bits per heavy atom. The number of carboxylic acid groups (broad SMARTS) is 2. The highest BCUT2D eigenvalue weighted by molar-refractivity contribution is 5.89. The number of aliphatic carboxylic acids is 2. The molecule has 0 spiro atoms. The van der Waals surface area contributed by atoms with Crippen molar-refractivity contribution in [1.29, 1.82) is 0 Å². The minimum absolute atomic E-state index is 0.190. The molecule has 6 nitrogen and oxygen atoms in total. The van der Waals surface area contributed by atoms with Gasteiger partial charge in [-0.1, -0.05) is 6.58 Å². The molecule has 2 N–H and O–H groups in total. The van der Waals surface area contributed by atoms with Gasteiger partial charge in [0.15, 0.2) is 0 Å². The minimum Gasteiger partial charge on any atom is -0.478 e. The molecule has 1 aliphatic rings. The lowest BCUT2D eigenvalue weighted by Gasteiger charge is -2.24. The van der Waals surface area contributed by atoms with E-state index in [9.17, 15) is 14.4 Å². The van der Waals surface area contributed by atoms with Gasteiger partial charge in [0.2, 0.25) is 0 Å². The molecule has 17 heavy (non-hydrogen) atoms. The quantitative estimate of drug-likeness (QED) is 0.563. The topological polar surface area (TPSA) is 101 Å². The maximum Gasteiger partial charge on any atom is 0.330 e. The summed E-state index contributed by atoms with van der Waals surface area (Å²) >= 11 is 0.